The molecular formula is C16H29IN4O. The molecule has 0 spiro atoms. The number of anilines is 1. The second kappa shape index (κ2) is 11.7. The summed E-state index contributed by atoms with van der Waals surface area (Å²) < 4.78 is 5.04. The normalized spacial score (nSPS) is 11.4. The van der Waals surface area contributed by atoms with Gasteiger partial charge in [-0.25, -0.2) is 0 Å². The Morgan fingerprint density at radius 2 is 2.00 bits per heavy atom. The fourth-order valence-electron chi connectivity index (χ4n) is 1.91. The molecule has 0 atom stereocenters. The van der Waals surface area contributed by atoms with Crippen LogP contribution in [-0.2, 0) is 4.74 Å². The van der Waals surface area contributed by atoms with Gasteiger partial charge >= 0.3 is 0 Å². The molecule has 0 radical (unpaired) electrons. The Bertz CT molecular complexity index is 465. The van der Waals surface area contributed by atoms with Gasteiger partial charge in [0.2, 0.25) is 0 Å². The molecule has 0 bridgehead atoms. The number of aryl methyl sites for hydroxylation is 2. The zero-order valence-corrected chi connectivity index (χ0v) is 16.4. The van der Waals surface area contributed by atoms with Crippen LogP contribution in [0, 0.1) is 13.8 Å². The minimum absolute atomic E-state index is 0. The quantitative estimate of drug-likeness (QED) is 0.294. The number of nitrogens with one attached hydrogen (secondary N) is 1. The van der Waals surface area contributed by atoms with E-state index in [1.54, 1.807) is 7.11 Å². The number of likely N-dealkylation sites (N-methyl/N-ethyl adjacent to an activating group) is 1. The Morgan fingerprint density at radius 1 is 1.27 bits per heavy atom. The number of rotatable bonds is 8. The Balaban J connectivity index is 0.00000441. The third-order valence-electron chi connectivity index (χ3n) is 3.44. The molecule has 0 amide bonds. The molecule has 126 valence electrons. The molecule has 3 N–H and O–H groups in total. The third-order valence-corrected chi connectivity index (χ3v) is 3.44. The van der Waals surface area contributed by atoms with Gasteiger partial charge in [0, 0.05) is 25.9 Å². The van der Waals surface area contributed by atoms with Gasteiger partial charge in [-0.1, -0.05) is 6.07 Å². The third kappa shape index (κ3) is 8.55. The fourth-order valence-corrected chi connectivity index (χ4v) is 1.91. The molecule has 0 fully saturated rings. The largest absolute Gasteiger partial charge is 0.383 e. The minimum atomic E-state index is 0. The molecule has 0 aliphatic rings. The first kappa shape index (κ1) is 21.1. The number of benzene rings is 1. The highest BCUT2D eigenvalue weighted by atomic mass is 127. The monoisotopic (exact) mass is 420 g/mol. The first-order valence-corrected chi connectivity index (χ1v) is 7.34. The first-order chi connectivity index (χ1) is 10.0. The van der Waals surface area contributed by atoms with Crippen molar-refractivity contribution in [3.05, 3.63) is 29.3 Å². The van der Waals surface area contributed by atoms with E-state index in [1.165, 1.54) is 11.1 Å². The van der Waals surface area contributed by atoms with E-state index in [0.29, 0.717) is 5.96 Å². The van der Waals surface area contributed by atoms with Gasteiger partial charge in [-0.2, -0.15) is 0 Å². The van der Waals surface area contributed by atoms with Crippen molar-refractivity contribution in [1.82, 2.24) is 4.90 Å². The van der Waals surface area contributed by atoms with Crippen molar-refractivity contribution in [2.24, 2.45) is 10.7 Å². The smallest absolute Gasteiger partial charge is 0.193 e. The van der Waals surface area contributed by atoms with E-state index in [2.05, 4.69) is 48.2 Å². The summed E-state index contributed by atoms with van der Waals surface area (Å²) in [6, 6.07) is 6.18. The molecule has 0 unspecified atom stereocenters. The van der Waals surface area contributed by atoms with E-state index in [9.17, 15) is 0 Å². The van der Waals surface area contributed by atoms with Crippen LogP contribution < -0.4 is 11.1 Å². The first-order valence-electron chi connectivity index (χ1n) is 7.34. The van der Waals surface area contributed by atoms with E-state index in [-0.39, 0.29) is 24.0 Å². The summed E-state index contributed by atoms with van der Waals surface area (Å²) >= 11 is 0. The zero-order chi connectivity index (χ0) is 15.7. The van der Waals surface area contributed by atoms with Gasteiger partial charge in [-0.3, -0.25) is 4.99 Å². The van der Waals surface area contributed by atoms with Gasteiger partial charge in [0.05, 0.1) is 6.61 Å². The van der Waals surface area contributed by atoms with Crippen LogP contribution in [-0.4, -0.2) is 51.3 Å². The van der Waals surface area contributed by atoms with Crippen molar-refractivity contribution in [2.75, 3.05) is 45.7 Å². The van der Waals surface area contributed by atoms with Crippen LogP contribution in [0.2, 0.25) is 0 Å². The summed E-state index contributed by atoms with van der Waals surface area (Å²) in [5, 5.41) is 3.13. The molecule has 5 nitrogen and oxygen atoms in total. The van der Waals surface area contributed by atoms with E-state index in [4.69, 9.17) is 10.5 Å². The van der Waals surface area contributed by atoms with Crippen LogP contribution in [0.25, 0.3) is 0 Å². The van der Waals surface area contributed by atoms with E-state index >= 15 is 0 Å². The number of aliphatic imine (C=N–C) groups is 1. The predicted molar refractivity (Wildman–Crippen MR) is 105 cm³/mol. The molecule has 1 aromatic carbocycles. The standard InChI is InChI=1S/C16H28N4O.HI/c1-13-6-7-15(12-14(13)2)19-16(17)18-8-5-9-20(3)10-11-21-4;/h6-7,12H,5,8-11H2,1-4H3,(H3,17,18,19);1H. The molecular weight excluding hydrogens is 391 g/mol. The van der Waals surface area contributed by atoms with Crippen molar-refractivity contribution >= 4 is 35.6 Å². The summed E-state index contributed by atoms with van der Waals surface area (Å²) in [6.45, 7) is 7.60. The van der Waals surface area contributed by atoms with Gasteiger partial charge in [0.15, 0.2) is 5.96 Å². The summed E-state index contributed by atoms with van der Waals surface area (Å²) in [4.78, 5) is 6.58. The maximum absolute atomic E-state index is 5.90. The topological polar surface area (TPSA) is 62.9 Å². The Hall–Kier alpha value is -0.860. The fraction of sp³-hybridized carbons (Fsp3) is 0.562. The maximum Gasteiger partial charge on any atom is 0.193 e. The summed E-state index contributed by atoms with van der Waals surface area (Å²) in [5.41, 5.74) is 9.40. The van der Waals surface area contributed by atoms with Crippen molar-refractivity contribution in [3.63, 3.8) is 0 Å². The molecule has 1 rings (SSSR count). The van der Waals surface area contributed by atoms with Gasteiger partial charge in [-0.15, -0.1) is 24.0 Å². The lowest BCUT2D eigenvalue weighted by molar-refractivity contribution is 0.161. The van der Waals surface area contributed by atoms with Crippen molar-refractivity contribution in [3.8, 4) is 0 Å². The molecule has 0 aromatic heterocycles. The Morgan fingerprint density at radius 3 is 2.64 bits per heavy atom. The summed E-state index contributed by atoms with van der Waals surface area (Å²) in [7, 11) is 3.80. The molecule has 0 saturated heterocycles. The highest BCUT2D eigenvalue weighted by Crippen LogP contribution is 2.13. The van der Waals surface area contributed by atoms with E-state index < -0.39 is 0 Å². The molecule has 0 saturated carbocycles. The number of nitrogens with zero attached hydrogens (tertiary/aromatic N) is 2. The molecule has 1 aromatic rings. The lowest BCUT2D eigenvalue weighted by Crippen LogP contribution is -2.25. The average Bonchev–Trinajstić information content (AvgIpc) is 2.45. The Kier molecular flexibility index (Phi) is 11.2. The lowest BCUT2D eigenvalue weighted by atomic mass is 10.1. The van der Waals surface area contributed by atoms with Crippen molar-refractivity contribution < 1.29 is 4.74 Å². The van der Waals surface area contributed by atoms with Crippen LogP contribution >= 0.6 is 24.0 Å². The second-order valence-electron chi connectivity index (χ2n) is 5.34. The van der Waals surface area contributed by atoms with Gasteiger partial charge in [-0.05, 0) is 57.1 Å². The molecule has 0 aliphatic heterocycles. The minimum Gasteiger partial charge on any atom is -0.383 e. The van der Waals surface area contributed by atoms with Crippen LogP contribution in [0.15, 0.2) is 23.2 Å². The maximum atomic E-state index is 5.90. The second-order valence-corrected chi connectivity index (χ2v) is 5.34. The highest BCUT2D eigenvalue weighted by molar-refractivity contribution is 14.0. The highest BCUT2D eigenvalue weighted by Gasteiger charge is 1.99. The van der Waals surface area contributed by atoms with Crippen molar-refractivity contribution in [1.29, 1.82) is 0 Å². The molecule has 6 heteroatoms. The number of guanidine groups is 1. The number of ether oxygens (including phenoxy) is 1. The zero-order valence-electron chi connectivity index (χ0n) is 14.1. The van der Waals surface area contributed by atoms with E-state index in [1.807, 2.05) is 6.07 Å². The van der Waals surface area contributed by atoms with Gasteiger partial charge in [0.1, 0.15) is 0 Å². The number of hydrogen-bond donors (Lipinski definition) is 2. The number of nitrogens with two attached hydrogens (primary N) is 1. The predicted octanol–water partition coefficient (Wildman–Crippen LogP) is 2.62. The van der Waals surface area contributed by atoms with Crippen LogP contribution in [0.5, 0.6) is 0 Å². The van der Waals surface area contributed by atoms with Crippen LogP contribution in [0.4, 0.5) is 5.69 Å². The molecule has 0 aliphatic carbocycles. The summed E-state index contributed by atoms with van der Waals surface area (Å²) in [6.07, 6.45) is 0.982. The molecule has 22 heavy (non-hydrogen) atoms. The average molecular weight is 420 g/mol. The number of halogens is 1. The van der Waals surface area contributed by atoms with E-state index in [0.717, 1.165) is 38.3 Å². The summed E-state index contributed by atoms with van der Waals surface area (Å²) in [5.74, 6) is 0.470. The van der Waals surface area contributed by atoms with Crippen LogP contribution in [0.1, 0.15) is 17.5 Å². The Labute approximate surface area is 151 Å². The number of methoxy groups -OCH3 is 1. The number of hydrogen-bond acceptors (Lipinski definition) is 3. The van der Waals surface area contributed by atoms with Gasteiger partial charge < -0.3 is 20.7 Å². The molecule has 0 heterocycles. The SMILES string of the molecule is COCCN(C)CCCN=C(N)Nc1ccc(C)c(C)c1.I. The lowest BCUT2D eigenvalue weighted by Gasteiger charge is -2.15. The van der Waals surface area contributed by atoms with Crippen LogP contribution in [0.3, 0.4) is 0 Å². The van der Waals surface area contributed by atoms with Gasteiger partial charge in [0.25, 0.3) is 0 Å². The van der Waals surface area contributed by atoms with Crippen molar-refractivity contribution in [2.45, 2.75) is 20.3 Å².